The Kier molecular flexibility index (Phi) is 5.90. The third-order valence-electron chi connectivity index (χ3n) is 4.48. The summed E-state index contributed by atoms with van der Waals surface area (Å²) in [6, 6.07) is 5.19. The molecule has 12 heteroatoms. The van der Waals surface area contributed by atoms with Crippen LogP contribution in [0.3, 0.4) is 0 Å². The van der Waals surface area contributed by atoms with Crippen LogP contribution in [0.25, 0.3) is 0 Å². The molecule has 2 heterocycles. The molecule has 160 valence electrons. The number of carbonyl (C=O) groups excluding carboxylic acids is 1. The zero-order valence-electron chi connectivity index (χ0n) is 15.5. The van der Waals surface area contributed by atoms with Crippen LogP contribution < -0.4 is 9.80 Å². The van der Waals surface area contributed by atoms with Gasteiger partial charge in [-0.2, -0.15) is 18.4 Å². The highest BCUT2D eigenvalue weighted by molar-refractivity contribution is 7.81. The molecule has 0 bridgehead atoms. The second kappa shape index (κ2) is 8.27. The molecule has 0 aliphatic carbocycles. The summed E-state index contributed by atoms with van der Waals surface area (Å²) in [6.07, 6.45) is -3.77. The van der Waals surface area contributed by atoms with E-state index < -0.39 is 40.7 Å². The van der Waals surface area contributed by atoms with Crippen molar-refractivity contribution in [3.8, 4) is 6.07 Å². The molecule has 1 N–H and O–H groups in total. The maximum Gasteiger partial charge on any atom is 0.419 e. The molecule has 0 spiro atoms. The van der Waals surface area contributed by atoms with Crippen molar-refractivity contribution in [2.75, 3.05) is 16.3 Å². The first-order chi connectivity index (χ1) is 14.5. The number of aromatic nitrogens is 1. The summed E-state index contributed by atoms with van der Waals surface area (Å²) in [4.78, 5) is 29.3. The monoisotopic (exact) mass is 452 g/mol. The van der Waals surface area contributed by atoms with E-state index >= 15 is 0 Å². The molecule has 7 nitrogen and oxygen atoms in total. The molecule has 2 aromatic rings. The van der Waals surface area contributed by atoms with Gasteiger partial charge in [0.15, 0.2) is 10.8 Å². The molecule has 0 atom stereocenters. The SMILES string of the molecule is N#Cc1ncc(N2C(=O)CCCN(c3ccc(C(=O)O)c(F)c3)C2=S)cc1C(F)(F)F. The molecule has 1 aromatic heterocycles. The molecular formula is C19H12F4N4O3S. The molecule has 1 saturated heterocycles. The van der Waals surface area contributed by atoms with Gasteiger partial charge in [-0.05, 0) is 42.9 Å². The van der Waals surface area contributed by atoms with Crippen LogP contribution in [-0.2, 0) is 11.0 Å². The first kappa shape index (κ1) is 22.1. The summed E-state index contributed by atoms with van der Waals surface area (Å²) in [5.41, 5.74) is -2.91. The molecular weight excluding hydrogens is 440 g/mol. The number of thiocarbonyl (C=S) groups is 1. The number of anilines is 2. The molecule has 1 aliphatic heterocycles. The number of carboxylic acid groups (broad SMARTS) is 1. The van der Waals surface area contributed by atoms with Crippen LogP contribution in [-0.4, -0.2) is 33.6 Å². The fourth-order valence-electron chi connectivity index (χ4n) is 3.04. The van der Waals surface area contributed by atoms with Crippen molar-refractivity contribution >= 4 is 40.6 Å². The highest BCUT2D eigenvalue weighted by atomic mass is 32.1. The van der Waals surface area contributed by atoms with E-state index in [0.717, 1.165) is 23.2 Å². The Hall–Kier alpha value is -3.59. The highest BCUT2D eigenvalue weighted by Gasteiger charge is 2.37. The number of alkyl halides is 3. The van der Waals surface area contributed by atoms with Gasteiger partial charge in [0.2, 0.25) is 5.91 Å². The molecule has 0 saturated carbocycles. The van der Waals surface area contributed by atoms with Gasteiger partial charge in [0.05, 0.1) is 23.0 Å². The average Bonchev–Trinajstić information content (AvgIpc) is 2.84. The third kappa shape index (κ3) is 4.31. The third-order valence-corrected chi connectivity index (χ3v) is 4.88. The van der Waals surface area contributed by atoms with E-state index in [1.807, 2.05) is 0 Å². The number of hydrogen-bond donors (Lipinski definition) is 1. The van der Waals surface area contributed by atoms with Crippen LogP contribution in [0.4, 0.5) is 28.9 Å². The summed E-state index contributed by atoms with van der Waals surface area (Å²) >= 11 is 5.32. The van der Waals surface area contributed by atoms with Crippen molar-refractivity contribution in [2.45, 2.75) is 19.0 Å². The minimum Gasteiger partial charge on any atom is -0.478 e. The lowest BCUT2D eigenvalue weighted by Gasteiger charge is -2.30. The average molecular weight is 452 g/mol. The van der Waals surface area contributed by atoms with Gasteiger partial charge < -0.3 is 10.0 Å². The van der Waals surface area contributed by atoms with E-state index in [-0.39, 0.29) is 35.9 Å². The van der Waals surface area contributed by atoms with Crippen LogP contribution in [0, 0.1) is 17.1 Å². The van der Waals surface area contributed by atoms with Crippen LogP contribution in [0.5, 0.6) is 0 Å². The van der Waals surface area contributed by atoms with Gasteiger partial charge in [0, 0.05) is 18.7 Å². The quantitative estimate of drug-likeness (QED) is 0.560. The van der Waals surface area contributed by atoms with E-state index in [0.29, 0.717) is 6.07 Å². The van der Waals surface area contributed by atoms with E-state index in [9.17, 15) is 27.2 Å². The molecule has 0 unspecified atom stereocenters. The summed E-state index contributed by atoms with van der Waals surface area (Å²) in [7, 11) is 0. The Balaban J connectivity index is 2.06. The fraction of sp³-hybridized carbons (Fsp3) is 0.211. The lowest BCUT2D eigenvalue weighted by Crippen LogP contribution is -2.44. The number of aromatic carboxylic acids is 1. The van der Waals surface area contributed by atoms with Crippen LogP contribution in [0.15, 0.2) is 30.5 Å². The normalized spacial score (nSPS) is 14.9. The number of benzene rings is 1. The van der Waals surface area contributed by atoms with Gasteiger partial charge in [-0.25, -0.2) is 14.2 Å². The first-order valence-corrected chi connectivity index (χ1v) is 9.10. The summed E-state index contributed by atoms with van der Waals surface area (Å²) in [6.45, 7) is 0.142. The maximum atomic E-state index is 14.2. The summed E-state index contributed by atoms with van der Waals surface area (Å²) in [5, 5.41) is 17.6. The van der Waals surface area contributed by atoms with Crippen molar-refractivity contribution in [3.05, 3.63) is 53.1 Å². The van der Waals surface area contributed by atoms with Gasteiger partial charge in [-0.3, -0.25) is 9.69 Å². The number of carbonyl (C=O) groups is 2. The van der Waals surface area contributed by atoms with E-state index in [1.165, 1.54) is 17.0 Å². The molecule has 1 fully saturated rings. The topological polar surface area (TPSA) is 97.5 Å². The Morgan fingerprint density at radius 2 is 1.97 bits per heavy atom. The Labute approximate surface area is 178 Å². The number of hydrogen-bond acceptors (Lipinski definition) is 5. The summed E-state index contributed by atoms with van der Waals surface area (Å²) in [5.74, 6) is -3.10. The maximum absolute atomic E-state index is 14.2. The van der Waals surface area contributed by atoms with Crippen molar-refractivity contribution in [1.82, 2.24) is 4.98 Å². The standard InChI is InChI=1S/C19H12F4N4O3S/c20-14-7-10(3-4-12(14)17(29)30)26-5-1-2-16(28)27(18(26)31)11-6-13(19(21,22)23)15(8-24)25-9-11/h3-4,6-7,9H,1-2,5H2,(H,29,30). The number of nitriles is 1. The number of halogens is 4. The smallest absolute Gasteiger partial charge is 0.419 e. The fourth-order valence-corrected chi connectivity index (χ4v) is 3.45. The minimum absolute atomic E-state index is 0.0618. The number of rotatable bonds is 3. The van der Waals surface area contributed by atoms with Gasteiger partial charge in [-0.15, -0.1) is 0 Å². The molecule has 1 aromatic carbocycles. The van der Waals surface area contributed by atoms with Crippen molar-refractivity contribution in [1.29, 1.82) is 5.26 Å². The highest BCUT2D eigenvalue weighted by Crippen LogP contribution is 2.34. The molecule has 1 aliphatic rings. The lowest BCUT2D eigenvalue weighted by atomic mass is 10.1. The first-order valence-electron chi connectivity index (χ1n) is 8.69. The van der Waals surface area contributed by atoms with Gasteiger partial charge in [0.1, 0.15) is 11.9 Å². The van der Waals surface area contributed by atoms with Crippen LogP contribution >= 0.6 is 12.2 Å². The Morgan fingerprint density at radius 1 is 1.26 bits per heavy atom. The lowest BCUT2D eigenvalue weighted by molar-refractivity contribution is -0.138. The zero-order valence-corrected chi connectivity index (χ0v) is 16.3. The van der Waals surface area contributed by atoms with Crippen molar-refractivity contribution in [3.63, 3.8) is 0 Å². The second-order valence-electron chi connectivity index (χ2n) is 6.44. The van der Waals surface area contributed by atoms with E-state index in [4.69, 9.17) is 22.6 Å². The number of pyridine rings is 1. The van der Waals surface area contributed by atoms with Crippen LogP contribution in [0.1, 0.15) is 34.5 Å². The molecule has 0 radical (unpaired) electrons. The largest absolute Gasteiger partial charge is 0.478 e. The molecule has 3 rings (SSSR count). The second-order valence-corrected chi connectivity index (χ2v) is 6.80. The minimum atomic E-state index is -4.89. The van der Waals surface area contributed by atoms with Gasteiger partial charge in [-0.1, -0.05) is 0 Å². The number of amides is 1. The van der Waals surface area contributed by atoms with Crippen molar-refractivity contribution in [2.24, 2.45) is 0 Å². The van der Waals surface area contributed by atoms with Crippen molar-refractivity contribution < 1.29 is 32.3 Å². The van der Waals surface area contributed by atoms with E-state index in [1.54, 1.807) is 0 Å². The van der Waals surface area contributed by atoms with Crippen LogP contribution in [0.2, 0.25) is 0 Å². The predicted octanol–water partition coefficient (Wildman–Crippen LogP) is 3.73. The summed E-state index contributed by atoms with van der Waals surface area (Å²) < 4.78 is 54.1. The molecule has 1 amide bonds. The number of nitrogens with zero attached hydrogens (tertiary/aromatic N) is 4. The molecule has 31 heavy (non-hydrogen) atoms. The Morgan fingerprint density at radius 3 is 2.55 bits per heavy atom. The van der Waals surface area contributed by atoms with Gasteiger partial charge in [0.25, 0.3) is 0 Å². The van der Waals surface area contributed by atoms with E-state index in [2.05, 4.69) is 4.98 Å². The Bertz CT molecular complexity index is 1130. The van der Waals surface area contributed by atoms with Gasteiger partial charge >= 0.3 is 12.1 Å². The predicted molar refractivity (Wildman–Crippen MR) is 104 cm³/mol. The zero-order chi connectivity index (χ0) is 22.9. The number of carboxylic acids is 1.